The van der Waals surface area contributed by atoms with Crippen LogP contribution in [0.2, 0.25) is 0 Å². The van der Waals surface area contributed by atoms with Crippen LogP contribution in [0.25, 0.3) is 0 Å². The van der Waals surface area contributed by atoms with Crippen LogP contribution in [0.4, 0.5) is 5.69 Å². The number of carbonyl (C=O) groups is 1. The van der Waals surface area contributed by atoms with Crippen molar-refractivity contribution in [1.29, 1.82) is 0 Å². The summed E-state index contributed by atoms with van der Waals surface area (Å²) in [7, 11) is 0. The quantitative estimate of drug-likeness (QED) is 0.826. The summed E-state index contributed by atoms with van der Waals surface area (Å²) in [5.74, 6) is -0.482. The maximum Gasteiger partial charge on any atom is 0.230 e. The summed E-state index contributed by atoms with van der Waals surface area (Å²) in [5.41, 5.74) is 7.09. The normalized spacial score (nSPS) is 25.5. The molecule has 0 radical (unpaired) electrons. The van der Waals surface area contributed by atoms with Crippen molar-refractivity contribution in [2.24, 2.45) is 0 Å². The van der Waals surface area contributed by atoms with Crippen molar-refractivity contribution < 1.29 is 14.3 Å². The van der Waals surface area contributed by atoms with Gasteiger partial charge in [0, 0.05) is 12.2 Å². The van der Waals surface area contributed by atoms with Crippen molar-refractivity contribution in [1.82, 2.24) is 5.32 Å². The first-order valence-corrected chi connectivity index (χ1v) is 7.37. The number of anilines is 1. The highest BCUT2D eigenvalue weighted by atomic mass is 16.7. The van der Waals surface area contributed by atoms with Crippen LogP contribution in [-0.4, -0.2) is 30.9 Å². The molecular weight excluding hydrogens is 268 g/mol. The first kappa shape index (κ1) is 14.4. The summed E-state index contributed by atoms with van der Waals surface area (Å²) in [5, 5.41) is 3.00. The molecule has 2 fully saturated rings. The second kappa shape index (κ2) is 5.00. The van der Waals surface area contributed by atoms with E-state index in [0.717, 1.165) is 18.4 Å². The molecule has 0 aromatic heterocycles. The fraction of sp³-hybridized carbons (Fsp3) is 0.562. The molecule has 1 heterocycles. The molecule has 21 heavy (non-hydrogen) atoms. The van der Waals surface area contributed by atoms with Crippen molar-refractivity contribution in [2.75, 3.05) is 18.9 Å². The lowest BCUT2D eigenvalue weighted by Gasteiger charge is -2.19. The Kier molecular flexibility index (Phi) is 3.42. The summed E-state index contributed by atoms with van der Waals surface area (Å²) < 4.78 is 11.2. The smallest absolute Gasteiger partial charge is 0.230 e. The third-order valence-electron chi connectivity index (χ3n) is 4.21. The Hall–Kier alpha value is -1.59. The highest BCUT2D eigenvalue weighted by Crippen LogP contribution is 2.48. The zero-order valence-electron chi connectivity index (χ0n) is 12.5. The number of hydrogen-bond acceptors (Lipinski definition) is 4. The molecule has 1 aliphatic heterocycles. The first-order valence-electron chi connectivity index (χ1n) is 7.37. The number of amides is 1. The lowest BCUT2D eigenvalue weighted by Crippen LogP contribution is -2.40. The fourth-order valence-corrected chi connectivity index (χ4v) is 2.81. The van der Waals surface area contributed by atoms with E-state index in [4.69, 9.17) is 15.2 Å². The Morgan fingerprint density at radius 1 is 1.33 bits per heavy atom. The molecule has 0 spiro atoms. The van der Waals surface area contributed by atoms with E-state index >= 15 is 0 Å². The molecule has 3 N–H and O–H groups in total. The largest absolute Gasteiger partial charge is 0.399 e. The maximum absolute atomic E-state index is 12.5. The van der Waals surface area contributed by atoms with Crippen LogP contribution in [0.15, 0.2) is 24.3 Å². The lowest BCUT2D eigenvalue weighted by atomic mass is 9.94. The van der Waals surface area contributed by atoms with Crippen molar-refractivity contribution in [3.05, 3.63) is 29.8 Å². The van der Waals surface area contributed by atoms with Crippen molar-refractivity contribution >= 4 is 11.6 Å². The molecule has 1 aromatic rings. The molecule has 1 saturated heterocycles. The summed E-state index contributed by atoms with van der Waals surface area (Å²) in [6.07, 6.45) is 1.69. The maximum atomic E-state index is 12.5. The Morgan fingerprint density at radius 3 is 2.52 bits per heavy atom. The van der Waals surface area contributed by atoms with Gasteiger partial charge < -0.3 is 20.5 Å². The topological polar surface area (TPSA) is 73.6 Å². The SMILES string of the molecule is CC1(C)OCC(CNC(=O)C2(c3ccc(N)cc3)CC2)O1. The zero-order chi connectivity index (χ0) is 15.1. The number of hydrogen-bond donors (Lipinski definition) is 2. The molecule has 3 rings (SSSR count). The van der Waals surface area contributed by atoms with E-state index in [1.165, 1.54) is 0 Å². The van der Waals surface area contributed by atoms with Gasteiger partial charge in [-0.05, 0) is 44.4 Å². The summed E-state index contributed by atoms with van der Waals surface area (Å²) in [6, 6.07) is 7.58. The van der Waals surface area contributed by atoms with E-state index in [-0.39, 0.29) is 17.4 Å². The van der Waals surface area contributed by atoms with Crippen molar-refractivity contribution in [3.8, 4) is 0 Å². The monoisotopic (exact) mass is 290 g/mol. The number of benzene rings is 1. The molecule has 5 nitrogen and oxygen atoms in total. The van der Waals surface area contributed by atoms with Gasteiger partial charge in [0.15, 0.2) is 5.79 Å². The summed E-state index contributed by atoms with van der Waals surface area (Å²) >= 11 is 0. The molecule has 1 saturated carbocycles. The standard InChI is InChI=1S/C16H22N2O3/c1-15(2)20-10-13(21-15)9-18-14(19)16(7-8-16)11-3-5-12(17)6-4-11/h3-6,13H,7-10,17H2,1-2H3,(H,18,19). The van der Waals surface area contributed by atoms with Crippen LogP contribution in [0.5, 0.6) is 0 Å². The van der Waals surface area contributed by atoms with Crippen LogP contribution in [0, 0.1) is 0 Å². The second-order valence-electron chi connectivity index (χ2n) is 6.36. The van der Waals surface area contributed by atoms with Crippen LogP contribution < -0.4 is 11.1 Å². The Bertz CT molecular complexity index is 535. The third kappa shape index (κ3) is 2.89. The molecule has 1 amide bonds. The minimum absolute atomic E-state index is 0.0700. The van der Waals surface area contributed by atoms with Gasteiger partial charge in [-0.15, -0.1) is 0 Å². The molecule has 2 aliphatic rings. The van der Waals surface area contributed by atoms with Crippen LogP contribution in [0.1, 0.15) is 32.3 Å². The van der Waals surface area contributed by atoms with Crippen molar-refractivity contribution in [3.63, 3.8) is 0 Å². The number of nitrogens with one attached hydrogen (secondary N) is 1. The molecule has 5 heteroatoms. The zero-order valence-corrected chi connectivity index (χ0v) is 12.5. The summed E-state index contributed by atoms with van der Waals surface area (Å²) in [6.45, 7) is 4.76. The minimum Gasteiger partial charge on any atom is -0.399 e. The van der Waals surface area contributed by atoms with Crippen LogP contribution in [-0.2, 0) is 19.7 Å². The molecule has 1 aromatic carbocycles. The average Bonchev–Trinajstić information content (AvgIpc) is 3.17. The number of rotatable bonds is 4. The first-order chi connectivity index (χ1) is 9.91. The Labute approximate surface area is 124 Å². The van der Waals surface area contributed by atoms with Gasteiger partial charge in [-0.3, -0.25) is 4.79 Å². The van der Waals surface area contributed by atoms with E-state index in [1.54, 1.807) is 0 Å². The van der Waals surface area contributed by atoms with Gasteiger partial charge in [-0.1, -0.05) is 12.1 Å². The number of carbonyl (C=O) groups excluding carboxylic acids is 1. The van der Waals surface area contributed by atoms with E-state index < -0.39 is 5.79 Å². The number of nitrogens with two attached hydrogens (primary N) is 1. The third-order valence-corrected chi connectivity index (χ3v) is 4.21. The fourth-order valence-electron chi connectivity index (χ4n) is 2.81. The molecule has 1 aliphatic carbocycles. The number of nitrogen functional groups attached to an aromatic ring is 1. The molecule has 114 valence electrons. The summed E-state index contributed by atoms with van der Waals surface area (Å²) in [4.78, 5) is 12.5. The molecule has 1 atom stereocenters. The highest BCUT2D eigenvalue weighted by Gasteiger charge is 2.51. The van der Waals surface area contributed by atoms with E-state index in [9.17, 15) is 4.79 Å². The van der Waals surface area contributed by atoms with E-state index in [2.05, 4.69) is 5.32 Å². The molecule has 0 bridgehead atoms. The molecular formula is C16H22N2O3. The predicted octanol–water partition coefficient (Wildman–Crippen LogP) is 1.57. The minimum atomic E-state index is -0.552. The van der Waals surface area contributed by atoms with Gasteiger partial charge >= 0.3 is 0 Å². The van der Waals surface area contributed by atoms with Crippen LogP contribution in [0.3, 0.4) is 0 Å². The van der Waals surface area contributed by atoms with Gasteiger partial charge in [0.05, 0.1) is 12.0 Å². The van der Waals surface area contributed by atoms with E-state index in [1.807, 2.05) is 38.1 Å². The second-order valence-corrected chi connectivity index (χ2v) is 6.36. The van der Waals surface area contributed by atoms with Gasteiger partial charge in [0.2, 0.25) is 5.91 Å². The average molecular weight is 290 g/mol. The predicted molar refractivity (Wildman–Crippen MR) is 79.7 cm³/mol. The van der Waals surface area contributed by atoms with Gasteiger partial charge in [-0.25, -0.2) is 0 Å². The Morgan fingerprint density at radius 2 is 2.00 bits per heavy atom. The lowest BCUT2D eigenvalue weighted by molar-refractivity contribution is -0.139. The van der Waals surface area contributed by atoms with Crippen LogP contribution >= 0.6 is 0 Å². The molecule has 1 unspecified atom stereocenters. The van der Waals surface area contributed by atoms with Gasteiger partial charge in [0.1, 0.15) is 6.10 Å². The van der Waals surface area contributed by atoms with E-state index in [0.29, 0.717) is 18.8 Å². The highest BCUT2D eigenvalue weighted by molar-refractivity contribution is 5.91. The number of ether oxygens (including phenoxy) is 2. The van der Waals surface area contributed by atoms with Gasteiger partial charge in [0.25, 0.3) is 0 Å². The Balaban J connectivity index is 1.59. The van der Waals surface area contributed by atoms with Gasteiger partial charge in [-0.2, -0.15) is 0 Å². The van der Waals surface area contributed by atoms with Crippen molar-refractivity contribution in [2.45, 2.75) is 44.0 Å².